The molecule has 1 aromatic heterocycles. The van der Waals surface area contributed by atoms with Gasteiger partial charge in [-0.25, -0.2) is 4.98 Å². The molecule has 0 atom stereocenters. The molecule has 146 valence electrons. The molecule has 3 aromatic rings. The monoisotopic (exact) mass is 402 g/mol. The van der Waals surface area contributed by atoms with Gasteiger partial charge < -0.3 is 5.32 Å². The number of thiazole rings is 1. The minimum absolute atomic E-state index is 0.0263. The maximum atomic E-state index is 12.3. The van der Waals surface area contributed by atoms with Gasteiger partial charge in [-0.3, -0.25) is 9.69 Å². The van der Waals surface area contributed by atoms with E-state index >= 15 is 0 Å². The SMILES string of the molecule is N#Cc1ccc(CCC(=O)Nc2nc3c(s2)CN(Cc2ccccc2)CC3)cc1. The maximum absolute atomic E-state index is 12.3. The highest BCUT2D eigenvalue weighted by Crippen LogP contribution is 2.29. The first-order chi connectivity index (χ1) is 14.2. The molecule has 0 saturated heterocycles. The second-order valence-corrected chi connectivity index (χ2v) is 8.28. The molecular weight excluding hydrogens is 380 g/mol. The van der Waals surface area contributed by atoms with Crippen molar-refractivity contribution in [3.05, 3.63) is 81.9 Å². The van der Waals surface area contributed by atoms with Gasteiger partial charge in [-0.2, -0.15) is 5.26 Å². The molecule has 29 heavy (non-hydrogen) atoms. The molecule has 0 spiro atoms. The summed E-state index contributed by atoms with van der Waals surface area (Å²) in [6.07, 6.45) is 1.96. The van der Waals surface area contributed by atoms with Crippen molar-refractivity contribution in [2.24, 2.45) is 0 Å². The van der Waals surface area contributed by atoms with Crippen LogP contribution in [-0.2, 0) is 30.7 Å². The Hall–Kier alpha value is -3.01. The molecule has 4 rings (SSSR count). The van der Waals surface area contributed by atoms with Gasteiger partial charge in [0.05, 0.1) is 17.3 Å². The molecule has 1 aliphatic heterocycles. The molecule has 2 aromatic carbocycles. The lowest BCUT2D eigenvalue weighted by Crippen LogP contribution is -2.29. The minimum Gasteiger partial charge on any atom is -0.302 e. The standard InChI is InChI=1S/C23H22N4OS/c24-14-18-8-6-17(7-9-18)10-11-22(28)26-23-25-20-12-13-27(16-21(20)29-23)15-19-4-2-1-3-5-19/h1-9H,10-13,15-16H2,(H,25,26,28). The molecule has 0 aliphatic carbocycles. The van der Waals surface area contributed by atoms with E-state index in [9.17, 15) is 4.79 Å². The quantitative estimate of drug-likeness (QED) is 0.673. The molecular formula is C23H22N4OS. The summed E-state index contributed by atoms with van der Waals surface area (Å²) in [5.74, 6) is -0.0263. The Morgan fingerprint density at radius 3 is 2.69 bits per heavy atom. The van der Waals surface area contributed by atoms with Crippen LogP contribution in [0.2, 0.25) is 0 Å². The lowest BCUT2D eigenvalue weighted by Gasteiger charge is -2.25. The molecule has 6 heteroatoms. The Balaban J connectivity index is 1.30. The summed E-state index contributed by atoms with van der Waals surface area (Å²) >= 11 is 1.58. The van der Waals surface area contributed by atoms with Gasteiger partial charge in [-0.15, -0.1) is 11.3 Å². The number of benzene rings is 2. The Morgan fingerprint density at radius 2 is 1.93 bits per heavy atom. The number of nitrogens with zero attached hydrogens (tertiary/aromatic N) is 3. The summed E-state index contributed by atoms with van der Waals surface area (Å²) in [5.41, 5.74) is 4.11. The molecule has 0 radical (unpaired) electrons. The number of fused-ring (bicyclic) bond motifs is 1. The van der Waals surface area contributed by atoms with E-state index in [-0.39, 0.29) is 5.91 Å². The number of nitriles is 1. The van der Waals surface area contributed by atoms with Crippen LogP contribution in [0, 0.1) is 11.3 Å². The van der Waals surface area contributed by atoms with Crippen LogP contribution in [0.1, 0.15) is 33.7 Å². The van der Waals surface area contributed by atoms with E-state index in [1.54, 1.807) is 23.5 Å². The lowest BCUT2D eigenvalue weighted by atomic mass is 10.1. The van der Waals surface area contributed by atoms with Crippen LogP contribution in [0.4, 0.5) is 5.13 Å². The van der Waals surface area contributed by atoms with Gasteiger partial charge in [0.1, 0.15) is 0 Å². The van der Waals surface area contributed by atoms with E-state index in [0.717, 1.165) is 37.3 Å². The smallest absolute Gasteiger partial charge is 0.226 e. The van der Waals surface area contributed by atoms with Gasteiger partial charge in [0, 0.05) is 37.4 Å². The fourth-order valence-electron chi connectivity index (χ4n) is 3.46. The minimum atomic E-state index is -0.0263. The van der Waals surface area contributed by atoms with E-state index < -0.39 is 0 Å². The van der Waals surface area contributed by atoms with Crippen LogP contribution in [0.15, 0.2) is 54.6 Å². The number of aromatic nitrogens is 1. The number of aryl methyl sites for hydroxylation is 1. The normalized spacial score (nSPS) is 13.5. The molecule has 1 N–H and O–H groups in total. The van der Waals surface area contributed by atoms with Crippen LogP contribution in [0.5, 0.6) is 0 Å². The second kappa shape index (κ2) is 8.99. The average Bonchev–Trinajstić information content (AvgIpc) is 3.15. The first-order valence-corrected chi connectivity index (χ1v) is 10.5. The number of rotatable bonds is 6. The van der Waals surface area contributed by atoms with Gasteiger partial charge in [0.2, 0.25) is 5.91 Å². The van der Waals surface area contributed by atoms with Crippen molar-refractivity contribution in [2.75, 3.05) is 11.9 Å². The predicted octanol–water partition coefficient (Wildman–Crippen LogP) is 4.14. The summed E-state index contributed by atoms with van der Waals surface area (Å²) in [4.78, 5) is 20.6. The van der Waals surface area contributed by atoms with Crippen molar-refractivity contribution in [1.29, 1.82) is 5.26 Å². The molecule has 0 fully saturated rings. The highest BCUT2D eigenvalue weighted by molar-refractivity contribution is 7.15. The second-order valence-electron chi connectivity index (χ2n) is 7.19. The fraction of sp³-hybridized carbons (Fsp3) is 0.261. The van der Waals surface area contributed by atoms with Gasteiger partial charge in [0.25, 0.3) is 0 Å². The topological polar surface area (TPSA) is 69.0 Å². The number of hydrogen-bond acceptors (Lipinski definition) is 5. The largest absolute Gasteiger partial charge is 0.302 e. The van der Waals surface area contributed by atoms with Crippen LogP contribution in [0.25, 0.3) is 0 Å². The Bertz CT molecular complexity index is 1020. The average molecular weight is 403 g/mol. The first-order valence-electron chi connectivity index (χ1n) is 9.73. The van der Waals surface area contributed by atoms with Gasteiger partial charge in [0.15, 0.2) is 5.13 Å². The highest BCUT2D eigenvalue weighted by atomic mass is 32.1. The van der Waals surface area contributed by atoms with Gasteiger partial charge in [-0.1, -0.05) is 42.5 Å². The van der Waals surface area contributed by atoms with Crippen molar-refractivity contribution in [2.45, 2.75) is 32.4 Å². The summed E-state index contributed by atoms with van der Waals surface area (Å²) in [6, 6.07) is 20.0. The molecule has 2 heterocycles. The molecule has 0 bridgehead atoms. The number of anilines is 1. The number of carbonyl (C=O) groups excluding carboxylic acids is 1. The number of nitrogens with one attached hydrogen (secondary N) is 1. The molecule has 0 unspecified atom stereocenters. The van der Waals surface area contributed by atoms with Crippen LogP contribution >= 0.6 is 11.3 Å². The van der Waals surface area contributed by atoms with E-state index in [0.29, 0.717) is 23.5 Å². The zero-order valence-corrected chi connectivity index (χ0v) is 16.9. The molecule has 1 aliphatic rings. The van der Waals surface area contributed by atoms with Crippen molar-refractivity contribution in [3.63, 3.8) is 0 Å². The summed E-state index contributed by atoms with van der Waals surface area (Å²) < 4.78 is 0. The summed E-state index contributed by atoms with van der Waals surface area (Å²) in [7, 11) is 0. The van der Waals surface area contributed by atoms with Crippen molar-refractivity contribution in [3.8, 4) is 6.07 Å². The number of amides is 1. The molecule has 5 nitrogen and oxygen atoms in total. The van der Waals surface area contributed by atoms with E-state index in [4.69, 9.17) is 5.26 Å². The zero-order valence-electron chi connectivity index (χ0n) is 16.1. The molecule has 0 saturated carbocycles. The predicted molar refractivity (Wildman–Crippen MR) is 114 cm³/mol. The number of hydrogen-bond donors (Lipinski definition) is 1. The van der Waals surface area contributed by atoms with E-state index in [1.165, 1.54) is 10.4 Å². The number of carbonyl (C=O) groups is 1. The third kappa shape index (κ3) is 5.08. The highest BCUT2D eigenvalue weighted by Gasteiger charge is 2.21. The third-order valence-corrected chi connectivity index (χ3v) is 6.03. The van der Waals surface area contributed by atoms with Crippen LogP contribution in [0.3, 0.4) is 0 Å². The van der Waals surface area contributed by atoms with Gasteiger partial charge in [-0.05, 0) is 29.7 Å². The maximum Gasteiger partial charge on any atom is 0.226 e. The lowest BCUT2D eigenvalue weighted by molar-refractivity contribution is -0.116. The van der Waals surface area contributed by atoms with Gasteiger partial charge >= 0.3 is 0 Å². The Labute approximate surface area is 174 Å². The summed E-state index contributed by atoms with van der Waals surface area (Å²) in [5, 5.41) is 12.5. The van der Waals surface area contributed by atoms with E-state index in [2.05, 4.69) is 45.5 Å². The van der Waals surface area contributed by atoms with Crippen molar-refractivity contribution >= 4 is 22.4 Å². The fourth-order valence-corrected chi connectivity index (χ4v) is 4.53. The summed E-state index contributed by atoms with van der Waals surface area (Å²) in [6.45, 7) is 2.80. The Morgan fingerprint density at radius 1 is 1.14 bits per heavy atom. The van der Waals surface area contributed by atoms with Crippen LogP contribution in [-0.4, -0.2) is 22.3 Å². The molecule has 1 amide bonds. The Kier molecular flexibility index (Phi) is 5.99. The van der Waals surface area contributed by atoms with Crippen LogP contribution < -0.4 is 5.32 Å². The third-order valence-electron chi connectivity index (χ3n) is 5.03. The van der Waals surface area contributed by atoms with Crippen molar-refractivity contribution in [1.82, 2.24) is 9.88 Å². The van der Waals surface area contributed by atoms with E-state index in [1.807, 2.05) is 18.2 Å². The van der Waals surface area contributed by atoms with Crippen molar-refractivity contribution < 1.29 is 4.79 Å². The zero-order chi connectivity index (χ0) is 20.1. The first kappa shape index (κ1) is 19.3.